The zero-order chi connectivity index (χ0) is 27.1. The van der Waals surface area contributed by atoms with Crippen molar-refractivity contribution in [3.05, 3.63) is 87.4 Å². The number of halogens is 3. The second-order valence-corrected chi connectivity index (χ2v) is 9.73. The SMILES string of the molecule is COC[C@@H](C)n1c(-c2cnc(N)nc2OC)cc2c1[C@@H](c1ccc(Cl)cc1)N(c1ccc(F)c(Cl)c1)C2=O. The summed E-state index contributed by atoms with van der Waals surface area (Å²) in [6, 6.07) is 12.5. The summed E-state index contributed by atoms with van der Waals surface area (Å²) in [4.78, 5) is 24.1. The molecule has 5 rings (SSSR count). The number of fused-ring (bicyclic) bond motifs is 1. The summed E-state index contributed by atoms with van der Waals surface area (Å²) in [5.41, 5.74) is 9.47. The number of rotatable bonds is 7. The molecule has 0 saturated carbocycles. The van der Waals surface area contributed by atoms with Gasteiger partial charge < -0.3 is 19.8 Å². The van der Waals surface area contributed by atoms with Crippen LogP contribution in [0.15, 0.2) is 54.7 Å². The highest BCUT2D eigenvalue weighted by molar-refractivity contribution is 6.31. The first kappa shape index (κ1) is 26.0. The molecule has 0 saturated heterocycles. The maximum absolute atomic E-state index is 14.1. The zero-order valence-corrected chi connectivity index (χ0v) is 22.3. The van der Waals surface area contributed by atoms with Gasteiger partial charge in [-0.1, -0.05) is 35.3 Å². The predicted molar refractivity (Wildman–Crippen MR) is 145 cm³/mol. The number of hydrogen-bond donors (Lipinski definition) is 1. The van der Waals surface area contributed by atoms with E-state index in [-0.39, 0.29) is 28.8 Å². The summed E-state index contributed by atoms with van der Waals surface area (Å²) in [7, 11) is 3.11. The lowest BCUT2D eigenvalue weighted by Gasteiger charge is -2.30. The minimum atomic E-state index is -0.579. The Morgan fingerprint density at radius 1 is 1.11 bits per heavy atom. The number of amides is 1. The molecule has 0 bridgehead atoms. The minimum absolute atomic E-state index is 0.0654. The van der Waals surface area contributed by atoms with E-state index in [1.807, 2.05) is 23.6 Å². The second-order valence-electron chi connectivity index (χ2n) is 8.88. The Morgan fingerprint density at radius 3 is 2.50 bits per heavy atom. The van der Waals surface area contributed by atoms with E-state index in [1.54, 1.807) is 36.4 Å². The predicted octanol–water partition coefficient (Wildman–Crippen LogP) is 5.94. The fourth-order valence-corrected chi connectivity index (χ4v) is 5.22. The molecule has 4 aromatic rings. The van der Waals surface area contributed by atoms with Gasteiger partial charge in [0, 0.05) is 24.0 Å². The van der Waals surface area contributed by atoms with E-state index in [4.69, 9.17) is 38.4 Å². The van der Waals surface area contributed by atoms with Gasteiger partial charge in [-0.05, 0) is 48.9 Å². The number of anilines is 2. The molecule has 0 unspecified atom stereocenters. The number of carbonyl (C=O) groups excluding carboxylic acids is 1. The third-order valence-corrected chi connectivity index (χ3v) is 7.04. The molecule has 1 amide bonds. The molecule has 2 aromatic heterocycles. The summed E-state index contributed by atoms with van der Waals surface area (Å²) in [6.07, 6.45) is 1.57. The third kappa shape index (κ3) is 4.36. The molecule has 2 N–H and O–H groups in total. The van der Waals surface area contributed by atoms with Crippen LogP contribution >= 0.6 is 23.2 Å². The maximum Gasteiger partial charge on any atom is 0.261 e. The van der Waals surface area contributed by atoms with E-state index in [1.165, 1.54) is 25.3 Å². The summed E-state index contributed by atoms with van der Waals surface area (Å²) in [6.45, 7) is 2.34. The van der Waals surface area contributed by atoms with Gasteiger partial charge in [0.2, 0.25) is 11.8 Å². The molecule has 11 heteroatoms. The highest BCUT2D eigenvalue weighted by atomic mass is 35.5. The highest BCUT2D eigenvalue weighted by Crippen LogP contribution is 2.47. The molecule has 1 aliphatic heterocycles. The smallest absolute Gasteiger partial charge is 0.261 e. The van der Waals surface area contributed by atoms with E-state index in [0.29, 0.717) is 34.1 Å². The largest absolute Gasteiger partial charge is 0.480 e. The van der Waals surface area contributed by atoms with E-state index in [2.05, 4.69) is 9.97 Å². The van der Waals surface area contributed by atoms with Crippen molar-refractivity contribution >= 4 is 40.7 Å². The van der Waals surface area contributed by atoms with Crippen LogP contribution in [0.5, 0.6) is 5.88 Å². The summed E-state index contributed by atoms with van der Waals surface area (Å²) in [5.74, 6) is -0.506. The Bertz CT molecular complexity index is 1530. The maximum atomic E-state index is 14.1. The lowest BCUT2D eigenvalue weighted by molar-refractivity contribution is 0.0993. The molecule has 2 aromatic carbocycles. The molecule has 0 spiro atoms. The van der Waals surface area contributed by atoms with E-state index in [9.17, 15) is 9.18 Å². The van der Waals surface area contributed by atoms with Gasteiger partial charge in [0.05, 0.1) is 47.3 Å². The fourth-order valence-electron chi connectivity index (χ4n) is 4.92. The van der Waals surface area contributed by atoms with Gasteiger partial charge in [0.1, 0.15) is 11.9 Å². The van der Waals surface area contributed by atoms with Crippen LogP contribution in [0.4, 0.5) is 16.0 Å². The monoisotopic (exact) mass is 555 g/mol. The van der Waals surface area contributed by atoms with Crippen LogP contribution < -0.4 is 15.4 Å². The number of aromatic nitrogens is 3. The lowest BCUT2D eigenvalue weighted by atomic mass is 10.0. The van der Waals surface area contributed by atoms with Crippen LogP contribution in [-0.4, -0.2) is 41.3 Å². The number of nitrogens with zero attached hydrogens (tertiary/aromatic N) is 4. The molecule has 196 valence electrons. The van der Waals surface area contributed by atoms with Crippen LogP contribution in [0.3, 0.4) is 0 Å². The second kappa shape index (κ2) is 10.2. The Labute approximate surface area is 228 Å². The molecule has 0 radical (unpaired) electrons. The molecule has 0 aliphatic carbocycles. The molecule has 0 fully saturated rings. The van der Waals surface area contributed by atoms with Gasteiger partial charge in [0.25, 0.3) is 5.91 Å². The molecule has 1 aliphatic rings. The molecular formula is C27H24Cl2FN5O3. The van der Waals surface area contributed by atoms with E-state index in [0.717, 1.165) is 11.3 Å². The molecule has 38 heavy (non-hydrogen) atoms. The van der Waals surface area contributed by atoms with Crippen molar-refractivity contribution in [3.8, 4) is 17.1 Å². The Balaban J connectivity index is 1.79. The number of methoxy groups -OCH3 is 2. The van der Waals surface area contributed by atoms with Crippen LogP contribution in [0, 0.1) is 5.82 Å². The zero-order valence-electron chi connectivity index (χ0n) is 20.8. The van der Waals surface area contributed by atoms with Crippen molar-refractivity contribution in [1.29, 1.82) is 0 Å². The van der Waals surface area contributed by atoms with Gasteiger partial charge >= 0.3 is 0 Å². The number of hydrogen-bond acceptors (Lipinski definition) is 6. The normalized spacial score (nSPS) is 15.6. The van der Waals surface area contributed by atoms with E-state index < -0.39 is 11.9 Å². The standard InChI is InChI=1S/C27H24Cl2FN5O3/c1-14(13-37-2)34-22(19-12-32-27(31)33-25(19)38-3)11-18-24(34)23(15-4-6-16(28)7-5-15)35(26(18)36)17-8-9-21(30)20(29)10-17/h4-12,14,23H,13H2,1-3H3,(H2,31,32,33)/t14-,23-/m1/s1. The van der Waals surface area contributed by atoms with Crippen molar-refractivity contribution in [2.24, 2.45) is 0 Å². The van der Waals surface area contributed by atoms with Gasteiger partial charge in [-0.25, -0.2) is 9.37 Å². The molecular weight excluding hydrogens is 532 g/mol. The average molecular weight is 556 g/mol. The summed E-state index contributed by atoms with van der Waals surface area (Å²) < 4.78 is 27.1. The number of nitrogen functional groups attached to an aromatic ring is 1. The topological polar surface area (TPSA) is 95.5 Å². The first-order chi connectivity index (χ1) is 18.2. The highest BCUT2D eigenvalue weighted by Gasteiger charge is 2.44. The Hall–Kier alpha value is -3.66. The third-order valence-electron chi connectivity index (χ3n) is 6.50. The minimum Gasteiger partial charge on any atom is -0.480 e. The van der Waals surface area contributed by atoms with Crippen LogP contribution in [0.25, 0.3) is 11.3 Å². The van der Waals surface area contributed by atoms with Crippen molar-refractivity contribution in [1.82, 2.24) is 14.5 Å². The first-order valence-electron chi connectivity index (χ1n) is 11.7. The first-order valence-corrected chi connectivity index (χ1v) is 12.5. The van der Waals surface area contributed by atoms with E-state index >= 15 is 0 Å². The summed E-state index contributed by atoms with van der Waals surface area (Å²) in [5, 5.41) is 0.476. The van der Waals surface area contributed by atoms with Gasteiger partial charge in [-0.3, -0.25) is 9.69 Å². The van der Waals surface area contributed by atoms with Crippen molar-refractivity contribution in [3.63, 3.8) is 0 Å². The number of nitrogens with two attached hydrogens (primary N) is 1. The number of benzene rings is 2. The summed E-state index contributed by atoms with van der Waals surface area (Å²) >= 11 is 12.3. The Kier molecular flexibility index (Phi) is 7.00. The molecule has 8 nitrogen and oxygen atoms in total. The average Bonchev–Trinajstić information content (AvgIpc) is 3.41. The van der Waals surface area contributed by atoms with Crippen molar-refractivity contribution in [2.45, 2.75) is 19.0 Å². The van der Waals surface area contributed by atoms with Crippen molar-refractivity contribution < 1.29 is 18.7 Å². The van der Waals surface area contributed by atoms with Crippen LogP contribution in [0.1, 0.15) is 40.6 Å². The van der Waals surface area contributed by atoms with Crippen molar-refractivity contribution in [2.75, 3.05) is 31.5 Å². The lowest BCUT2D eigenvalue weighted by Crippen LogP contribution is -2.30. The number of carbonyl (C=O) groups is 1. The van der Waals surface area contributed by atoms with Gasteiger partial charge in [-0.15, -0.1) is 0 Å². The quantitative estimate of drug-likeness (QED) is 0.303. The van der Waals surface area contributed by atoms with Crippen LogP contribution in [0.2, 0.25) is 10.0 Å². The van der Waals surface area contributed by atoms with Gasteiger partial charge in [-0.2, -0.15) is 4.98 Å². The van der Waals surface area contributed by atoms with Crippen LogP contribution in [-0.2, 0) is 4.74 Å². The fraction of sp³-hybridized carbons (Fsp3) is 0.222. The molecule has 2 atom stereocenters. The Morgan fingerprint density at radius 2 is 1.84 bits per heavy atom. The number of ether oxygens (including phenoxy) is 2. The van der Waals surface area contributed by atoms with Gasteiger partial charge in [0.15, 0.2) is 0 Å². The molecule has 3 heterocycles.